The zero-order valence-electron chi connectivity index (χ0n) is 19.7. The van der Waals surface area contributed by atoms with E-state index in [1.807, 2.05) is 11.8 Å². The van der Waals surface area contributed by atoms with E-state index in [-0.39, 0.29) is 24.1 Å². The van der Waals surface area contributed by atoms with Crippen molar-refractivity contribution < 1.29 is 27.9 Å². The predicted octanol–water partition coefficient (Wildman–Crippen LogP) is 2.17. The summed E-state index contributed by atoms with van der Waals surface area (Å²) in [6.45, 7) is 4.69. The van der Waals surface area contributed by atoms with Crippen molar-refractivity contribution in [1.82, 2.24) is 20.5 Å². The normalized spacial score (nSPS) is 23.1. The van der Waals surface area contributed by atoms with Crippen LogP contribution in [-0.4, -0.2) is 60.5 Å². The van der Waals surface area contributed by atoms with E-state index >= 15 is 0 Å². The van der Waals surface area contributed by atoms with E-state index in [1.165, 1.54) is 19.4 Å². The Morgan fingerprint density at radius 3 is 2.66 bits per heavy atom. The predicted molar refractivity (Wildman–Crippen MR) is 123 cm³/mol. The molecule has 3 heterocycles. The van der Waals surface area contributed by atoms with Gasteiger partial charge in [-0.15, -0.1) is 0 Å². The number of carbonyl (C=O) groups is 3. The topological polar surface area (TPSA) is 104 Å². The second-order valence-corrected chi connectivity index (χ2v) is 8.90. The van der Waals surface area contributed by atoms with Crippen molar-refractivity contribution in [1.29, 1.82) is 0 Å². The van der Waals surface area contributed by atoms with Gasteiger partial charge in [0.2, 0.25) is 11.7 Å². The molecule has 35 heavy (non-hydrogen) atoms. The molecule has 11 heteroatoms. The lowest BCUT2D eigenvalue weighted by Crippen LogP contribution is -2.55. The van der Waals surface area contributed by atoms with E-state index in [9.17, 15) is 23.2 Å². The number of nitrogens with one attached hydrogen (secondary N) is 2. The number of rotatable bonds is 6. The van der Waals surface area contributed by atoms with E-state index < -0.39 is 35.0 Å². The van der Waals surface area contributed by atoms with E-state index in [4.69, 9.17) is 4.74 Å². The van der Waals surface area contributed by atoms with Crippen LogP contribution in [0, 0.1) is 17.6 Å². The molecular weight excluding hydrogens is 460 g/mol. The summed E-state index contributed by atoms with van der Waals surface area (Å²) in [5.41, 5.74) is -0.621. The fourth-order valence-electron chi connectivity index (χ4n) is 4.80. The fraction of sp³-hybridized carbons (Fsp3) is 0.417. The van der Waals surface area contributed by atoms with Crippen LogP contribution in [0.1, 0.15) is 26.0 Å². The van der Waals surface area contributed by atoms with Crippen LogP contribution in [-0.2, 0) is 15.1 Å². The van der Waals surface area contributed by atoms with Gasteiger partial charge in [0.15, 0.2) is 17.1 Å². The van der Waals surface area contributed by atoms with Gasteiger partial charge >= 0.3 is 6.03 Å². The zero-order chi connectivity index (χ0) is 25.3. The number of halogens is 2. The third-order valence-electron chi connectivity index (χ3n) is 6.55. The van der Waals surface area contributed by atoms with E-state index in [0.717, 1.165) is 6.07 Å². The van der Waals surface area contributed by atoms with Gasteiger partial charge in [-0.05, 0) is 25.5 Å². The number of pyridine rings is 1. The highest BCUT2D eigenvalue weighted by Crippen LogP contribution is 2.33. The number of hydrogen-bond donors (Lipinski definition) is 2. The van der Waals surface area contributed by atoms with Crippen molar-refractivity contribution in [2.24, 2.45) is 5.92 Å². The molecule has 0 unspecified atom stereocenters. The SMILES string of the molecule is COc1cc(N2CCN(C(=O)[C@@H](C)C[C@@]3(c4ccccn4)NC(=O)NC3=O)C[C@@H]2C)cc(F)c1F. The molecule has 1 aromatic carbocycles. The van der Waals surface area contributed by atoms with Gasteiger partial charge in [0, 0.05) is 55.6 Å². The first-order valence-corrected chi connectivity index (χ1v) is 11.3. The molecule has 2 aromatic rings. The molecule has 0 aliphatic carbocycles. The summed E-state index contributed by atoms with van der Waals surface area (Å²) in [5, 5.41) is 4.91. The van der Waals surface area contributed by atoms with Crippen molar-refractivity contribution in [2.75, 3.05) is 31.6 Å². The molecular formula is C24H27F2N5O4. The lowest BCUT2D eigenvalue weighted by Gasteiger charge is -2.42. The Hall–Kier alpha value is -3.76. The number of aromatic nitrogens is 1. The van der Waals surface area contributed by atoms with Crippen molar-refractivity contribution in [2.45, 2.75) is 31.8 Å². The number of carbonyl (C=O) groups excluding carboxylic acids is 3. The maximum absolute atomic E-state index is 14.0. The van der Waals surface area contributed by atoms with Gasteiger partial charge in [0.25, 0.3) is 5.91 Å². The summed E-state index contributed by atoms with van der Waals surface area (Å²) >= 11 is 0. The van der Waals surface area contributed by atoms with Crippen molar-refractivity contribution in [3.63, 3.8) is 0 Å². The summed E-state index contributed by atoms with van der Waals surface area (Å²) in [5.74, 6) is -3.57. The maximum Gasteiger partial charge on any atom is 0.322 e. The first-order chi connectivity index (χ1) is 16.7. The standard InChI is InChI=1S/C24H27F2N5O4/c1-14(12-24(19-6-4-5-7-27-19)22(33)28-23(34)29-24)21(32)30-8-9-31(15(2)13-30)16-10-17(25)20(26)18(11-16)35-3/h4-7,10-11,14-15H,8-9,12-13H2,1-3H3,(H2,28,29,33,34)/t14-,15-,24-/m0/s1. The molecule has 186 valence electrons. The van der Waals surface area contributed by atoms with Crippen molar-refractivity contribution in [3.05, 3.63) is 53.9 Å². The molecule has 0 spiro atoms. The molecule has 2 saturated heterocycles. The summed E-state index contributed by atoms with van der Waals surface area (Å²) in [4.78, 5) is 45.9. The quantitative estimate of drug-likeness (QED) is 0.606. The second kappa shape index (κ2) is 9.47. The van der Waals surface area contributed by atoms with Crippen LogP contribution in [0.15, 0.2) is 36.5 Å². The number of piperazine rings is 1. The lowest BCUT2D eigenvalue weighted by molar-refractivity contribution is -0.137. The van der Waals surface area contributed by atoms with Crippen LogP contribution < -0.4 is 20.3 Å². The van der Waals surface area contributed by atoms with Gasteiger partial charge in [-0.3, -0.25) is 19.9 Å². The maximum atomic E-state index is 14.0. The lowest BCUT2D eigenvalue weighted by atomic mass is 9.84. The van der Waals surface area contributed by atoms with E-state index in [1.54, 1.807) is 30.0 Å². The molecule has 4 amide bonds. The molecule has 4 rings (SSSR count). The summed E-state index contributed by atoms with van der Waals surface area (Å²) < 4.78 is 32.8. The number of methoxy groups -OCH3 is 1. The molecule has 2 fully saturated rings. The molecule has 2 N–H and O–H groups in total. The van der Waals surface area contributed by atoms with Crippen LogP contribution >= 0.6 is 0 Å². The third kappa shape index (κ3) is 4.50. The van der Waals surface area contributed by atoms with Crippen LogP contribution in [0.25, 0.3) is 0 Å². The zero-order valence-corrected chi connectivity index (χ0v) is 19.7. The largest absolute Gasteiger partial charge is 0.493 e. The van der Waals surface area contributed by atoms with Gasteiger partial charge < -0.3 is 19.9 Å². The van der Waals surface area contributed by atoms with Crippen molar-refractivity contribution >= 4 is 23.5 Å². The third-order valence-corrected chi connectivity index (χ3v) is 6.55. The van der Waals surface area contributed by atoms with Gasteiger partial charge in [0.05, 0.1) is 12.8 Å². The first-order valence-electron chi connectivity index (χ1n) is 11.3. The van der Waals surface area contributed by atoms with Crippen LogP contribution in [0.3, 0.4) is 0 Å². The number of urea groups is 1. The number of nitrogens with zero attached hydrogens (tertiary/aromatic N) is 3. The van der Waals surface area contributed by atoms with E-state index in [0.29, 0.717) is 31.0 Å². The molecule has 2 aliphatic heterocycles. The van der Waals surface area contributed by atoms with Crippen LogP contribution in [0.4, 0.5) is 19.3 Å². The highest BCUT2D eigenvalue weighted by atomic mass is 19.2. The monoisotopic (exact) mass is 487 g/mol. The summed E-state index contributed by atoms with van der Waals surface area (Å²) in [6, 6.07) is 6.78. The average Bonchev–Trinajstić information content (AvgIpc) is 3.14. The Morgan fingerprint density at radius 1 is 1.29 bits per heavy atom. The van der Waals surface area contributed by atoms with E-state index in [2.05, 4.69) is 15.6 Å². The number of imide groups is 1. The van der Waals surface area contributed by atoms with Crippen molar-refractivity contribution in [3.8, 4) is 5.75 Å². The first kappa shape index (κ1) is 24.4. The number of ether oxygens (including phenoxy) is 1. The summed E-state index contributed by atoms with van der Waals surface area (Å²) in [6.07, 6.45) is 1.56. The second-order valence-electron chi connectivity index (χ2n) is 8.90. The Balaban J connectivity index is 1.48. The minimum atomic E-state index is -1.44. The molecule has 9 nitrogen and oxygen atoms in total. The Bertz CT molecular complexity index is 1150. The van der Waals surface area contributed by atoms with Gasteiger partial charge in [-0.2, -0.15) is 4.39 Å². The highest BCUT2D eigenvalue weighted by Gasteiger charge is 2.50. The van der Waals surface area contributed by atoms with Crippen LogP contribution in [0.2, 0.25) is 0 Å². The number of hydrogen-bond acceptors (Lipinski definition) is 6. The summed E-state index contributed by atoms with van der Waals surface area (Å²) in [7, 11) is 1.27. The molecule has 0 radical (unpaired) electrons. The number of benzene rings is 1. The van der Waals surface area contributed by atoms with Gasteiger partial charge in [-0.1, -0.05) is 13.0 Å². The Kier molecular flexibility index (Phi) is 6.60. The smallest absolute Gasteiger partial charge is 0.322 e. The Morgan fingerprint density at radius 2 is 2.06 bits per heavy atom. The molecule has 3 atom stereocenters. The molecule has 1 aromatic heterocycles. The van der Waals surface area contributed by atoms with Gasteiger partial charge in [-0.25, -0.2) is 9.18 Å². The molecule has 0 saturated carbocycles. The molecule has 0 bridgehead atoms. The fourth-order valence-corrected chi connectivity index (χ4v) is 4.80. The van der Waals surface area contributed by atoms with Gasteiger partial charge in [0.1, 0.15) is 0 Å². The number of anilines is 1. The molecule has 2 aliphatic rings. The number of amides is 4. The minimum absolute atomic E-state index is 0.0371. The Labute approximate surface area is 201 Å². The highest BCUT2D eigenvalue weighted by molar-refractivity contribution is 6.07. The average molecular weight is 488 g/mol. The van der Waals surface area contributed by atoms with Crippen LogP contribution in [0.5, 0.6) is 5.75 Å². The minimum Gasteiger partial charge on any atom is -0.493 e.